The van der Waals surface area contributed by atoms with E-state index in [0.717, 1.165) is 16.9 Å². The fourth-order valence-electron chi connectivity index (χ4n) is 1.39. The maximum absolute atomic E-state index is 10.8. The summed E-state index contributed by atoms with van der Waals surface area (Å²) in [6.45, 7) is 4.32. The first-order valence-corrected chi connectivity index (χ1v) is 6.87. The van der Waals surface area contributed by atoms with Gasteiger partial charge in [-0.25, -0.2) is 0 Å². The number of hydrogen-bond acceptors (Lipinski definition) is 3. The number of hydrogen-bond donors (Lipinski definition) is 1. The molecule has 0 saturated heterocycles. The van der Waals surface area contributed by atoms with Crippen molar-refractivity contribution in [3.8, 4) is 12.3 Å². The minimum Gasteiger partial charge on any atom is -0.355 e. The summed E-state index contributed by atoms with van der Waals surface area (Å²) in [7, 11) is 0. The van der Waals surface area contributed by atoms with Crippen molar-refractivity contribution in [2.75, 3.05) is 19.6 Å². The fourth-order valence-corrected chi connectivity index (χ4v) is 2.92. The SMILES string of the molecule is C#CCN(CCNC(C)=O)Cc1ccc(Br)s1. The standard InChI is InChI=1S/C12H15BrN2OS/c1-3-7-15(8-6-14-10(2)16)9-11-4-5-12(13)17-11/h1,4-5H,6-9H2,2H3,(H,14,16). The third-order valence-corrected chi connectivity index (χ3v) is 3.73. The predicted octanol–water partition coefficient (Wildman–Crippen LogP) is 2.08. The summed E-state index contributed by atoms with van der Waals surface area (Å²) in [5, 5.41) is 2.77. The van der Waals surface area contributed by atoms with Gasteiger partial charge in [-0.3, -0.25) is 9.69 Å². The van der Waals surface area contributed by atoms with Crippen molar-refractivity contribution >= 4 is 33.2 Å². The van der Waals surface area contributed by atoms with E-state index in [1.807, 2.05) is 6.07 Å². The molecule has 0 bridgehead atoms. The second-order valence-electron chi connectivity index (χ2n) is 3.60. The van der Waals surface area contributed by atoms with Gasteiger partial charge in [0.15, 0.2) is 0 Å². The highest BCUT2D eigenvalue weighted by Crippen LogP contribution is 2.23. The molecule has 5 heteroatoms. The Morgan fingerprint density at radius 2 is 2.41 bits per heavy atom. The van der Waals surface area contributed by atoms with Crippen molar-refractivity contribution in [3.63, 3.8) is 0 Å². The summed E-state index contributed by atoms with van der Waals surface area (Å²) in [5.41, 5.74) is 0. The van der Waals surface area contributed by atoms with E-state index < -0.39 is 0 Å². The molecule has 0 fully saturated rings. The highest BCUT2D eigenvalue weighted by molar-refractivity contribution is 9.11. The second kappa shape index (κ2) is 7.49. The van der Waals surface area contributed by atoms with Gasteiger partial charge in [0, 0.05) is 31.4 Å². The van der Waals surface area contributed by atoms with Gasteiger partial charge in [-0.15, -0.1) is 17.8 Å². The molecule has 0 aromatic carbocycles. The molecule has 92 valence electrons. The largest absolute Gasteiger partial charge is 0.355 e. The van der Waals surface area contributed by atoms with Crippen molar-refractivity contribution < 1.29 is 4.79 Å². The summed E-state index contributed by atoms with van der Waals surface area (Å²) >= 11 is 5.14. The highest BCUT2D eigenvalue weighted by Gasteiger charge is 2.06. The Hall–Kier alpha value is -0.830. The maximum Gasteiger partial charge on any atom is 0.216 e. The van der Waals surface area contributed by atoms with E-state index in [-0.39, 0.29) is 5.91 Å². The average Bonchev–Trinajstić information content (AvgIpc) is 2.63. The number of thiophene rings is 1. The number of carbonyl (C=O) groups is 1. The van der Waals surface area contributed by atoms with Gasteiger partial charge in [-0.2, -0.15) is 0 Å². The smallest absolute Gasteiger partial charge is 0.216 e. The fraction of sp³-hybridized carbons (Fsp3) is 0.417. The number of nitrogens with zero attached hydrogens (tertiary/aromatic N) is 1. The van der Waals surface area contributed by atoms with Crippen LogP contribution in [0, 0.1) is 12.3 Å². The molecule has 0 unspecified atom stereocenters. The second-order valence-corrected chi connectivity index (χ2v) is 6.15. The Labute approximate surface area is 114 Å². The first-order valence-electron chi connectivity index (χ1n) is 5.26. The Kier molecular flexibility index (Phi) is 6.27. The van der Waals surface area contributed by atoms with Gasteiger partial charge in [0.2, 0.25) is 5.91 Å². The van der Waals surface area contributed by atoms with Gasteiger partial charge in [-0.1, -0.05) is 5.92 Å². The third-order valence-electron chi connectivity index (χ3n) is 2.13. The molecular formula is C12H15BrN2OS. The van der Waals surface area contributed by atoms with Crippen LogP contribution in [0.1, 0.15) is 11.8 Å². The molecule has 1 heterocycles. The van der Waals surface area contributed by atoms with Gasteiger partial charge in [0.25, 0.3) is 0 Å². The van der Waals surface area contributed by atoms with E-state index in [2.05, 4.69) is 38.1 Å². The summed E-state index contributed by atoms with van der Waals surface area (Å²) < 4.78 is 1.12. The van der Waals surface area contributed by atoms with Crippen LogP contribution >= 0.6 is 27.3 Å². The predicted molar refractivity (Wildman–Crippen MR) is 74.8 cm³/mol. The van der Waals surface area contributed by atoms with E-state index in [9.17, 15) is 4.79 Å². The van der Waals surface area contributed by atoms with Gasteiger partial charge in [-0.05, 0) is 28.1 Å². The van der Waals surface area contributed by atoms with Gasteiger partial charge < -0.3 is 5.32 Å². The minimum atomic E-state index is -0.00970. The molecule has 1 rings (SSSR count). The molecular weight excluding hydrogens is 300 g/mol. The lowest BCUT2D eigenvalue weighted by Gasteiger charge is -2.18. The molecule has 1 aromatic rings. The zero-order chi connectivity index (χ0) is 12.7. The molecule has 0 saturated carbocycles. The molecule has 1 amide bonds. The van der Waals surface area contributed by atoms with Crippen LogP contribution in [0.2, 0.25) is 0 Å². The summed E-state index contributed by atoms with van der Waals surface area (Å²) in [4.78, 5) is 14.2. The summed E-state index contributed by atoms with van der Waals surface area (Å²) in [6.07, 6.45) is 5.33. The Bertz CT molecular complexity index is 411. The Balaban J connectivity index is 2.43. The number of amides is 1. The van der Waals surface area contributed by atoms with Crippen LogP contribution in [-0.4, -0.2) is 30.4 Å². The lowest BCUT2D eigenvalue weighted by molar-refractivity contribution is -0.119. The first-order chi connectivity index (χ1) is 8.11. The molecule has 1 aromatic heterocycles. The number of terminal acetylenes is 1. The lowest BCUT2D eigenvalue weighted by atomic mass is 10.4. The number of rotatable bonds is 6. The van der Waals surface area contributed by atoms with Crippen LogP contribution in [0.15, 0.2) is 15.9 Å². The van der Waals surface area contributed by atoms with Gasteiger partial charge in [0.05, 0.1) is 10.3 Å². The average molecular weight is 315 g/mol. The van der Waals surface area contributed by atoms with Crippen molar-refractivity contribution in [3.05, 3.63) is 20.8 Å². The zero-order valence-corrected chi connectivity index (χ0v) is 12.1. The topological polar surface area (TPSA) is 32.3 Å². The Morgan fingerprint density at radius 1 is 1.65 bits per heavy atom. The van der Waals surface area contributed by atoms with Crippen LogP contribution in [-0.2, 0) is 11.3 Å². The van der Waals surface area contributed by atoms with E-state index in [1.165, 1.54) is 11.8 Å². The highest BCUT2D eigenvalue weighted by atomic mass is 79.9. The molecule has 1 N–H and O–H groups in total. The molecule has 0 aliphatic heterocycles. The van der Waals surface area contributed by atoms with E-state index in [0.29, 0.717) is 13.1 Å². The molecule has 0 radical (unpaired) electrons. The first kappa shape index (κ1) is 14.2. The summed E-state index contributed by atoms with van der Waals surface area (Å²) in [5.74, 6) is 2.63. The quantitative estimate of drug-likeness (QED) is 0.815. The lowest BCUT2D eigenvalue weighted by Crippen LogP contribution is -2.33. The van der Waals surface area contributed by atoms with Gasteiger partial charge in [0.1, 0.15) is 0 Å². The minimum absolute atomic E-state index is 0.00970. The van der Waals surface area contributed by atoms with Crippen molar-refractivity contribution in [2.45, 2.75) is 13.5 Å². The molecule has 17 heavy (non-hydrogen) atoms. The van der Waals surface area contributed by atoms with Crippen LogP contribution < -0.4 is 5.32 Å². The molecule has 0 aliphatic carbocycles. The van der Waals surface area contributed by atoms with Crippen LogP contribution in [0.25, 0.3) is 0 Å². The number of nitrogens with one attached hydrogen (secondary N) is 1. The number of carbonyl (C=O) groups excluding carboxylic acids is 1. The normalized spacial score (nSPS) is 10.2. The summed E-state index contributed by atoms with van der Waals surface area (Å²) in [6, 6.07) is 4.11. The zero-order valence-electron chi connectivity index (χ0n) is 9.70. The monoisotopic (exact) mass is 314 g/mol. The van der Waals surface area contributed by atoms with Crippen LogP contribution in [0.5, 0.6) is 0 Å². The van der Waals surface area contributed by atoms with Crippen LogP contribution in [0.3, 0.4) is 0 Å². The third kappa shape index (κ3) is 5.87. The van der Waals surface area contributed by atoms with E-state index >= 15 is 0 Å². The molecule has 0 spiro atoms. The van der Waals surface area contributed by atoms with E-state index in [4.69, 9.17) is 6.42 Å². The molecule has 0 atom stereocenters. The van der Waals surface area contributed by atoms with E-state index in [1.54, 1.807) is 11.3 Å². The molecule has 0 aliphatic rings. The molecule has 3 nitrogen and oxygen atoms in total. The van der Waals surface area contributed by atoms with Crippen LogP contribution in [0.4, 0.5) is 0 Å². The maximum atomic E-state index is 10.8. The van der Waals surface area contributed by atoms with Crippen molar-refractivity contribution in [1.29, 1.82) is 0 Å². The van der Waals surface area contributed by atoms with Crippen molar-refractivity contribution in [1.82, 2.24) is 10.2 Å². The van der Waals surface area contributed by atoms with Crippen molar-refractivity contribution in [2.24, 2.45) is 0 Å². The number of halogens is 1. The van der Waals surface area contributed by atoms with Gasteiger partial charge >= 0.3 is 0 Å². The Morgan fingerprint density at radius 3 is 2.94 bits per heavy atom.